The van der Waals surface area contributed by atoms with Gasteiger partial charge in [-0.25, -0.2) is 4.39 Å². The Morgan fingerprint density at radius 2 is 1.92 bits per heavy atom. The number of hydrogen-bond acceptors (Lipinski definition) is 6. The molecule has 2 rings (SSSR count). The summed E-state index contributed by atoms with van der Waals surface area (Å²) in [6.07, 6.45) is -7.73. The lowest BCUT2D eigenvalue weighted by Gasteiger charge is -2.21. The van der Waals surface area contributed by atoms with E-state index >= 15 is 0 Å². The quantitative estimate of drug-likeness (QED) is 0.689. The molecule has 1 unspecified atom stereocenters. The number of halogens is 4. The van der Waals surface area contributed by atoms with E-state index < -0.39 is 67.1 Å². The third kappa shape index (κ3) is 5.00. The summed E-state index contributed by atoms with van der Waals surface area (Å²) in [4.78, 5) is 10.9. The van der Waals surface area contributed by atoms with Gasteiger partial charge in [0.25, 0.3) is 0 Å². The van der Waals surface area contributed by atoms with E-state index in [2.05, 4.69) is 15.0 Å². The van der Waals surface area contributed by atoms with Crippen LogP contribution in [0.1, 0.15) is 56.7 Å². The van der Waals surface area contributed by atoms with Crippen LogP contribution in [0.2, 0.25) is 0 Å². The van der Waals surface area contributed by atoms with Gasteiger partial charge in [0.1, 0.15) is 17.9 Å². The first kappa shape index (κ1) is 10.9. The Bertz CT molecular complexity index is 905. The molecule has 10 heteroatoms. The summed E-state index contributed by atoms with van der Waals surface area (Å²) in [6.45, 7) is -6.25. The van der Waals surface area contributed by atoms with E-state index in [0.717, 1.165) is 0 Å². The highest BCUT2D eigenvalue weighted by molar-refractivity contribution is 5.65. The third-order valence-electron chi connectivity index (χ3n) is 3.34. The summed E-state index contributed by atoms with van der Waals surface area (Å²) in [7, 11) is 0. The Morgan fingerprint density at radius 1 is 1.28 bits per heavy atom. The van der Waals surface area contributed by atoms with E-state index in [1.54, 1.807) is 5.32 Å². The molecule has 1 aromatic heterocycles. The molecule has 1 heterocycles. The molecule has 140 valence electrons. The van der Waals surface area contributed by atoms with E-state index in [4.69, 9.17) is 11.0 Å². The molecule has 0 radical (unpaired) electrons. The first-order chi connectivity index (χ1) is 14.7. The molecule has 3 N–H and O–H groups in total. The van der Waals surface area contributed by atoms with Gasteiger partial charge in [0.05, 0.1) is 2.74 Å². The van der Waals surface area contributed by atoms with Gasteiger partial charge in [-0.1, -0.05) is 0 Å². The molecule has 6 nitrogen and oxygen atoms in total. The maximum Gasteiger partial charge on any atom is 0.408 e. The van der Waals surface area contributed by atoms with Crippen LogP contribution in [0.5, 0.6) is 0 Å². The molecule has 0 spiro atoms. The smallest absolute Gasteiger partial charge is 0.386 e. The van der Waals surface area contributed by atoms with Crippen molar-refractivity contribution in [3.63, 3.8) is 0 Å². The normalized spacial score (nSPS) is 29.0. The third-order valence-corrected chi connectivity index (χ3v) is 3.34. The van der Waals surface area contributed by atoms with Gasteiger partial charge in [0.2, 0.25) is 11.9 Å². The second-order valence-corrected chi connectivity index (χ2v) is 5.31. The lowest BCUT2D eigenvalue weighted by molar-refractivity contribution is -0.138. The minimum absolute atomic E-state index is 0.0891. The van der Waals surface area contributed by atoms with Crippen molar-refractivity contribution in [2.75, 3.05) is 10.6 Å². The van der Waals surface area contributed by atoms with E-state index in [-0.39, 0.29) is 19.3 Å². The lowest BCUT2D eigenvalue weighted by Crippen LogP contribution is -2.34. The van der Waals surface area contributed by atoms with Crippen molar-refractivity contribution in [3.05, 3.63) is 11.7 Å². The van der Waals surface area contributed by atoms with Gasteiger partial charge in [-0.3, -0.25) is 0 Å². The molecule has 0 saturated heterocycles. The molecule has 0 aromatic carbocycles. The van der Waals surface area contributed by atoms with Crippen LogP contribution < -0.4 is 10.6 Å². The number of hydrogen-bond donors (Lipinski definition) is 3. The molecule has 1 aliphatic rings. The van der Waals surface area contributed by atoms with Crippen LogP contribution >= 0.6 is 0 Å². The second kappa shape index (κ2) is 7.51. The van der Waals surface area contributed by atoms with Crippen LogP contribution in [0, 0.1) is 0 Å². The van der Waals surface area contributed by atoms with Gasteiger partial charge in [0, 0.05) is 19.8 Å². The van der Waals surface area contributed by atoms with E-state index in [1.165, 1.54) is 0 Å². The number of aliphatic hydroxyl groups is 1. The number of rotatable bonds is 5. The number of nitrogens with zero attached hydrogens (tertiary/aromatic N) is 3. The average molecular weight is 371 g/mol. The number of anilines is 2. The molecule has 0 aliphatic heterocycles. The summed E-state index contributed by atoms with van der Waals surface area (Å²) < 4.78 is 114. The second-order valence-electron chi connectivity index (χ2n) is 5.31. The largest absolute Gasteiger partial charge is 0.408 e. The van der Waals surface area contributed by atoms with Gasteiger partial charge in [-0.05, 0) is 39.9 Å². The number of aromatic nitrogens is 3. The van der Waals surface area contributed by atoms with Gasteiger partial charge in [0.15, 0.2) is 5.82 Å². The lowest BCUT2D eigenvalue weighted by atomic mass is 9.96. The van der Waals surface area contributed by atoms with Gasteiger partial charge >= 0.3 is 6.18 Å². The Labute approximate surface area is 154 Å². The van der Waals surface area contributed by atoms with E-state index in [0.29, 0.717) is 6.92 Å². The zero-order valence-electron chi connectivity index (χ0n) is 21.0. The fraction of sp³-hybridized carbons (Fsp3) is 0.667. The first-order valence-corrected chi connectivity index (χ1v) is 7.18. The molecule has 0 bridgehead atoms. The Balaban J connectivity index is 2.66. The van der Waals surface area contributed by atoms with Gasteiger partial charge in [-0.2, -0.15) is 28.1 Å². The summed E-state index contributed by atoms with van der Waals surface area (Å²) in [6, 6.07) is -5.62. The SMILES string of the molecule is [2H]C1(O)CCCC(c2nc(N[C@H](C)C(F)(F)F)nc(NC([2H])(C([2H])([2H])[2H])C([2H])([2H])[2H])n2)=C1F. The van der Waals surface area contributed by atoms with Crippen LogP contribution in [0.4, 0.5) is 29.5 Å². The van der Waals surface area contributed by atoms with Crippen molar-refractivity contribution in [1.82, 2.24) is 15.0 Å². The Hall–Kier alpha value is -1.97. The van der Waals surface area contributed by atoms with Gasteiger partial charge in [-0.15, -0.1) is 0 Å². The number of allylic oxidation sites excluding steroid dienone is 1. The van der Waals surface area contributed by atoms with Crippen molar-refractivity contribution in [2.45, 2.75) is 64.2 Å². The van der Waals surface area contributed by atoms with E-state index in [1.807, 2.05) is 5.32 Å². The van der Waals surface area contributed by atoms with Crippen LogP contribution in [0.25, 0.3) is 5.57 Å². The van der Waals surface area contributed by atoms with Crippen LogP contribution in [0.15, 0.2) is 5.83 Å². The molecular formula is C15H21F4N5O. The molecule has 0 amide bonds. The summed E-state index contributed by atoms with van der Waals surface area (Å²) in [5, 5.41) is 13.6. The van der Waals surface area contributed by atoms with Crippen LogP contribution in [0.3, 0.4) is 0 Å². The Morgan fingerprint density at radius 3 is 2.52 bits per heavy atom. The topological polar surface area (TPSA) is 83.0 Å². The number of alkyl halides is 3. The molecule has 2 atom stereocenters. The first-order valence-electron chi connectivity index (χ1n) is 11.2. The predicted octanol–water partition coefficient (Wildman–Crippen LogP) is 3.28. The predicted molar refractivity (Wildman–Crippen MR) is 85.6 cm³/mol. The molecule has 1 aromatic rings. The fourth-order valence-corrected chi connectivity index (χ4v) is 2.05. The minimum Gasteiger partial charge on any atom is -0.386 e. The van der Waals surface area contributed by atoms with Crippen LogP contribution in [-0.4, -0.2) is 44.4 Å². The monoisotopic (exact) mass is 371 g/mol. The summed E-state index contributed by atoms with van der Waals surface area (Å²) in [5.74, 6) is -3.79. The van der Waals surface area contributed by atoms with Crippen molar-refractivity contribution >= 4 is 17.5 Å². The molecular weight excluding hydrogens is 342 g/mol. The molecule has 25 heavy (non-hydrogen) atoms. The molecule has 0 saturated carbocycles. The fourth-order valence-electron chi connectivity index (χ4n) is 2.05. The van der Waals surface area contributed by atoms with Crippen molar-refractivity contribution in [1.29, 1.82) is 0 Å². The highest BCUT2D eigenvalue weighted by atomic mass is 19.4. The zero-order chi connectivity index (χ0) is 25.6. The zero-order valence-corrected chi connectivity index (χ0v) is 13.0. The summed E-state index contributed by atoms with van der Waals surface area (Å²) >= 11 is 0. The highest BCUT2D eigenvalue weighted by Crippen LogP contribution is 2.32. The number of nitrogens with one attached hydrogen (secondary N) is 2. The standard InChI is InChI=1S/C15H21F4N5O/c1-7(2)20-13-22-12(9-5-4-6-10(25)11(9)16)23-14(24-13)21-8(3)15(17,18)19/h7-8,10,25H,4-6H2,1-3H3,(H2,20,21,22,23,24)/t8-,10?/m1/s1/i1D3,2D3,7D,10D. The van der Waals surface area contributed by atoms with Crippen molar-refractivity contribution in [3.8, 4) is 0 Å². The minimum atomic E-state index is -4.77. The van der Waals surface area contributed by atoms with Crippen molar-refractivity contribution < 1.29 is 33.6 Å². The molecule has 1 aliphatic carbocycles. The maximum absolute atomic E-state index is 14.6. The molecule has 0 fully saturated rings. The summed E-state index contributed by atoms with van der Waals surface area (Å²) in [5.41, 5.74) is -0.453. The van der Waals surface area contributed by atoms with E-state index in [9.17, 15) is 22.7 Å². The maximum atomic E-state index is 14.6. The highest BCUT2D eigenvalue weighted by Gasteiger charge is 2.36. The van der Waals surface area contributed by atoms with Crippen molar-refractivity contribution in [2.24, 2.45) is 0 Å². The van der Waals surface area contributed by atoms with Crippen LogP contribution in [-0.2, 0) is 0 Å². The average Bonchev–Trinajstić information content (AvgIpc) is 2.61. The van der Waals surface area contributed by atoms with Gasteiger partial charge < -0.3 is 15.7 Å². The Kier molecular flexibility index (Phi) is 3.27.